The number of halogens is 1. The lowest BCUT2D eigenvalue weighted by Crippen LogP contribution is -2.26. The molecule has 0 aromatic carbocycles. The molecular formula is C14H19FN2O3. The number of amides is 1. The Morgan fingerprint density at radius 3 is 2.80 bits per heavy atom. The second kappa shape index (κ2) is 8.24. The molecule has 1 amide bonds. The Labute approximate surface area is 117 Å². The number of carboxylic acid groups (broad SMARTS) is 1. The number of nitrogens with one attached hydrogen (secondary N) is 1. The van der Waals surface area contributed by atoms with Crippen LogP contribution >= 0.6 is 0 Å². The van der Waals surface area contributed by atoms with Crippen molar-refractivity contribution in [1.29, 1.82) is 0 Å². The highest BCUT2D eigenvalue weighted by atomic mass is 19.1. The first-order chi connectivity index (χ1) is 9.52. The van der Waals surface area contributed by atoms with Crippen LogP contribution < -0.4 is 5.32 Å². The summed E-state index contributed by atoms with van der Waals surface area (Å²) in [5, 5.41) is 11.3. The third kappa shape index (κ3) is 5.77. The van der Waals surface area contributed by atoms with Crippen LogP contribution in [0.25, 0.3) is 0 Å². The van der Waals surface area contributed by atoms with Crippen LogP contribution in [0.5, 0.6) is 0 Å². The molecule has 6 heteroatoms. The van der Waals surface area contributed by atoms with Gasteiger partial charge in [0.2, 0.25) is 5.95 Å². The minimum atomic E-state index is -0.806. The van der Waals surface area contributed by atoms with Gasteiger partial charge < -0.3 is 10.4 Å². The standard InChI is InChI=1S/C14H19FN2O3/c1-2-10(3-4-13(18)19)5-7-17-14(20)11-6-8-16-12(15)9-11/h6,8-10H,2-5,7H2,1H3,(H,17,20)(H,18,19). The molecule has 2 N–H and O–H groups in total. The van der Waals surface area contributed by atoms with Crippen molar-refractivity contribution in [3.05, 3.63) is 29.8 Å². The number of rotatable bonds is 8. The lowest BCUT2D eigenvalue weighted by atomic mass is 9.96. The summed E-state index contributed by atoms with van der Waals surface area (Å²) in [5.74, 6) is -1.58. The van der Waals surface area contributed by atoms with Gasteiger partial charge in [0.1, 0.15) is 0 Å². The van der Waals surface area contributed by atoms with Crippen LogP contribution in [0.2, 0.25) is 0 Å². The van der Waals surface area contributed by atoms with E-state index in [1.165, 1.54) is 12.3 Å². The van der Waals surface area contributed by atoms with Gasteiger partial charge in [-0.15, -0.1) is 0 Å². The number of carboxylic acids is 1. The summed E-state index contributed by atoms with van der Waals surface area (Å²) in [6, 6.07) is 2.53. The molecule has 0 aliphatic heterocycles. The van der Waals surface area contributed by atoms with Gasteiger partial charge >= 0.3 is 5.97 Å². The molecule has 1 atom stereocenters. The lowest BCUT2D eigenvalue weighted by Gasteiger charge is -2.14. The van der Waals surface area contributed by atoms with Crippen LogP contribution in [0.15, 0.2) is 18.3 Å². The number of carbonyl (C=O) groups excluding carboxylic acids is 1. The van der Waals surface area contributed by atoms with Crippen molar-refractivity contribution in [1.82, 2.24) is 10.3 Å². The number of nitrogens with zero attached hydrogens (tertiary/aromatic N) is 1. The smallest absolute Gasteiger partial charge is 0.303 e. The lowest BCUT2D eigenvalue weighted by molar-refractivity contribution is -0.137. The van der Waals surface area contributed by atoms with E-state index in [4.69, 9.17) is 5.11 Å². The zero-order valence-corrected chi connectivity index (χ0v) is 11.4. The summed E-state index contributed by atoms with van der Waals surface area (Å²) in [7, 11) is 0. The van der Waals surface area contributed by atoms with Gasteiger partial charge in [-0.25, -0.2) is 4.98 Å². The molecule has 1 heterocycles. The fourth-order valence-electron chi connectivity index (χ4n) is 1.92. The molecule has 1 unspecified atom stereocenters. The first-order valence-electron chi connectivity index (χ1n) is 6.64. The Morgan fingerprint density at radius 2 is 2.20 bits per heavy atom. The molecule has 0 spiro atoms. The molecule has 5 nitrogen and oxygen atoms in total. The van der Waals surface area contributed by atoms with Gasteiger partial charge in [0, 0.05) is 30.8 Å². The molecule has 0 bridgehead atoms. The van der Waals surface area contributed by atoms with Crippen molar-refractivity contribution in [2.45, 2.75) is 32.6 Å². The Hall–Kier alpha value is -1.98. The number of aromatic nitrogens is 1. The average molecular weight is 282 g/mol. The number of aliphatic carboxylic acids is 1. The van der Waals surface area contributed by atoms with Gasteiger partial charge in [-0.2, -0.15) is 4.39 Å². The van der Waals surface area contributed by atoms with E-state index in [0.717, 1.165) is 12.5 Å². The SMILES string of the molecule is CCC(CCNC(=O)c1ccnc(F)c1)CCC(=O)O. The van der Waals surface area contributed by atoms with E-state index in [1.54, 1.807) is 0 Å². The van der Waals surface area contributed by atoms with Crippen LogP contribution in [0.1, 0.15) is 43.0 Å². The van der Waals surface area contributed by atoms with Crippen LogP contribution in [-0.4, -0.2) is 28.5 Å². The maximum absolute atomic E-state index is 12.9. The van der Waals surface area contributed by atoms with Gasteiger partial charge in [-0.05, 0) is 24.8 Å². The molecule has 0 fully saturated rings. The fraction of sp³-hybridized carbons (Fsp3) is 0.500. The summed E-state index contributed by atoms with van der Waals surface area (Å²) >= 11 is 0. The first-order valence-corrected chi connectivity index (χ1v) is 6.64. The van der Waals surface area contributed by atoms with Crippen molar-refractivity contribution >= 4 is 11.9 Å². The third-order valence-corrected chi connectivity index (χ3v) is 3.17. The summed E-state index contributed by atoms with van der Waals surface area (Å²) in [6.07, 6.45) is 3.57. The van der Waals surface area contributed by atoms with Crippen LogP contribution in [0.3, 0.4) is 0 Å². The van der Waals surface area contributed by atoms with Crippen molar-refractivity contribution in [2.24, 2.45) is 5.92 Å². The second-order valence-electron chi connectivity index (χ2n) is 4.62. The number of carbonyl (C=O) groups is 2. The van der Waals surface area contributed by atoms with Gasteiger partial charge in [0.25, 0.3) is 5.91 Å². The first kappa shape index (κ1) is 16.1. The van der Waals surface area contributed by atoms with Crippen molar-refractivity contribution in [3.8, 4) is 0 Å². The normalized spacial score (nSPS) is 11.9. The zero-order valence-electron chi connectivity index (χ0n) is 11.4. The molecule has 0 aliphatic carbocycles. The van der Waals surface area contributed by atoms with E-state index >= 15 is 0 Å². The highest BCUT2D eigenvalue weighted by molar-refractivity contribution is 5.93. The van der Waals surface area contributed by atoms with Crippen LogP contribution in [0.4, 0.5) is 4.39 Å². The fourth-order valence-corrected chi connectivity index (χ4v) is 1.92. The second-order valence-corrected chi connectivity index (χ2v) is 4.62. The predicted molar refractivity (Wildman–Crippen MR) is 71.8 cm³/mol. The molecule has 110 valence electrons. The largest absolute Gasteiger partial charge is 0.481 e. The summed E-state index contributed by atoms with van der Waals surface area (Å²) in [6.45, 7) is 2.44. The number of pyridine rings is 1. The number of hydrogen-bond acceptors (Lipinski definition) is 3. The van der Waals surface area contributed by atoms with Gasteiger partial charge in [0.05, 0.1) is 0 Å². The molecular weight excluding hydrogens is 263 g/mol. The minimum Gasteiger partial charge on any atom is -0.481 e. The van der Waals surface area contributed by atoms with E-state index in [9.17, 15) is 14.0 Å². The van der Waals surface area contributed by atoms with E-state index in [1.807, 2.05) is 6.92 Å². The predicted octanol–water partition coefficient (Wildman–Crippen LogP) is 2.23. The van der Waals surface area contributed by atoms with E-state index in [-0.39, 0.29) is 23.8 Å². The number of hydrogen-bond donors (Lipinski definition) is 2. The highest BCUT2D eigenvalue weighted by Gasteiger charge is 2.11. The Kier molecular flexibility index (Phi) is 6.63. The molecule has 0 saturated heterocycles. The molecule has 1 aromatic rings. The van der Waals surface area contributed by atoms with Crippen molar-refractivity contribution < 1.29 is 19.1 Å². The monoisotopic (exact) mass is 282 g/mol. The topological polar surface area (TPSA) is 79.3 Å². The Morgan fingerprint density at radius 1 is 1.45 bits per heavy atom. The molecule has 1 rings (SSSR count). The molecule has 0 saturated carbocycles. The Bertz CT molecular complexity index is 465. The summed E-state index contributed by atoms with van der Waals surface area (Å²) < 4.78 is 12.9. The molecule has 0 radical (unpaired) electrons. The van der Waals surface area contributed by atoms with Crippen molar-refractivity contribution in [2.75, 3.05) is 6.54 Å². The zero-order chi connectivity index (χ0) is 15.0. The van der Waals surface area contributed by atoms with E-state index in [0.29, 0.717) is 19.4 Å². The average Bonchev–Trinajstić information content (AvgIpc) is 2.42. The maximum Gasteiger partial charge on any atom is 0.303 e. The van der Waals surface area contributed by atoms with Crippen LogP contribution in [0, 0.1) is 11.9 Å². The summed E-state index contributed by atoms with van der Waals surface area (Å²) in [4.78, 5) is 25.6. The maximum atomic E-state index is 12.9. The van der Waals surface area contributed by atoms with Gasteiger partial charge in [-0.3, -0.25) is 9.59 Å². The third-order valence-electron chi connectivity index (χ3n) is 3.17. The van der Waals surface area contributed by atoms with Crippen LogP contribution in [-0.2, 0) is 4.79 Å². The van der Waals surface area contributed by atoms with E-state index < -0.39 is 11.9 Å². The van der Waals surface area contributed by atoms with Gasteiger partial charge in [0.15, 0.2) is 0 Å². The molecule has 1 aromatic heterocycles. The highest BCUT2D eigenvalue weighted by Crippen LogP contribution is 2.14. The van der Waals surface area contributed by atoms with Gasteiger partial charge in [-0.1, -0.05) is 13.3 Å². The molecule has 0 aliphatic rings. The molecule has 20 heavy (non-hydrogen) atoms. The van der Waals surface area contributed by atoms with E-state index in [2.05, 4.69) is 10.3 Å². The minimum absolute atomic E-state index is 0.141. The quantitative estimate of drug-likeness (QED) is 0.717. The Balaban J connectivity index is 2.35. The summed E-state index contributed by atoms with van der Waals surface area (Å²) in [5.41, 5.74) is 0.232. The van der Waals surface area contributed by atoms with Crippen molar-refractivity contribution in [3.63, 3.8) is 0 Å².